The van der Waals surface area contributed by atoms with Gasteiger partial charge in [-0.3, -0.25) is 14.6 Å². The maximum Gasteiger partial charge on any atom is 0.332 e. The minimum atomic E-state index is -0.787. The molecule has 0 aromatic carbocycles. The van der Waals surface area contributed by atoms with Crippen LogP contribution in [0, 0.1) is 11.8 Å². The number of aliphatic carboxylic acids is 1. The number of rotatable bonds is 9. The standard InChI is InChI=1S/C30H33N5O7.ClH/c1-34(24-4-2-22-27(33-24)42-26(37)15-32-22)29-6-8-30(9-7-29,41-17-29)10-11-35-23-13-19(14-31-21(23)3-5-25(35)36)40-16-18-12-20(18)28(38)39;/h2-5,13-14,18,20,32H,6-12,15-17H2,1H3,(H,38,39);1H. The fourth-order valence-electron chi connectivity index (χ4n) is 6.60. The van der Waals surface area contributed by atoms with E-state index in [1.807, 2.05) is 25.2 Å². The van der Waals surface area contributed by atoms with Gasteiger partial charge >= 0.3 is 11.9 Å². The highest BCUT2D eigenvalue weighted by atomic mass is 35.5. The van der Waals surface area contributed by atoms with Gasteiger partial charge in [-0.2, -0.15) is 4.98 Å². The van der Waals surface area contributed by atoms with E-state index in [9.17, 15) is 14.4 Å². The fourth-order valence-corrected chi connectivity index (χ4v) is 6.60. The van der Waals surface area contributed by atoms with Crippen LogP contribution in [0.2, 0.25) is 0 Å². The number of ether oxygens (including phenoxy) is 3. The van der Waals surface area contributed by atoms with Gasteiger partial charge in [0.15, 0.2) is 0 Å². The van der Waals surface area contributed by atoms with Crippen molar-refractivity contribution in [3.05, 3.63) is 46.9 Å². The molecule has 2 saturated heterocycles. The molecule has 4 fully saturated rings. The second-order valence-electron chi connectivity index (χ2n) is 12.0. The van der Waals surface area contributed by atoms with Crippen molar-refractivity contribution in [3.8, 4) is 11.6 Å². The van der Waals surface area contributed by atoms with Gasteiger partial charge in [-0.15, -0.1) is 12.4 Å². The summed E-state index contributed by atoms with van der Waals surface area (Å²) in [4.78, 5) is 47.1. The van der Waals surface area contributed by atoms with Crippen LogP contribution in [0.1, 0.15) is 38.5 Å². The van der Waals surface area contributed by atoms with Crippen LogP contribution in [-0.4, -0.2) is 69.5 Å². The predicted molar refractivity (Wildman–Crippen MR) is 159 cm³/mol. The Balaban J connectivity index is 0.00000329. The number of hydrogen-bond donors (Lipinski definition) is 2. The topological polar surface area (TPSA) is 145 Å². The van der Waals surface area contributed by atoms with Crippen LogP contribution in [0.5, 0.6) is 11.6 Å². The van der Waals surface area contributed by atoms with E-state index in [4.69, 9.17) is 19.3 Å². The van der Waals surface area contributed by atoms with Gasteiger partial charge in [-0.25, -0.2) is 4.79 Å². The van der Waals surface area contributed by atoms with Crippen molar-refractivity contribution in [2.75, 3.05) is 37.0 Å². The van der Waals surface area contributed by atoms with E-state index in [1.165, 1.54) is 6.07 Å². The molecule has 13 heteroatoms. The van der Waals surface area contributed by atoms with Crippen molar-refractivity contribution >= 4 is 46.9 Å². The Kier molecular flexibility index (Phi) is 7.45. The van der Waals surface area contributed by atoms with Crippen LogP contribution in [0.3, 0.4) is 0 Å². The van der Waals surface area contributed by atoms with E-state index in [0.717, 1.165) is 31.5 Å². The fraction of sp³-hybridized carbons (Fsp3) is 0.500. The summed E-state index contributed by atoms with van der Waals surface area (Å²) in [6.45, 7) is 1.48. The van der Waals surface area contributed by atoms with Gasteiger partial charge in [0.25, 0.3) is 5.56 Å². The van der Waals surface area contributed by atoms with Crippen molar-refractivity contribution in [3.63, 3.8) is 0 Å². The molecule has 2 unspecified atom stereocenters. The quantitative estimate of drug-likeness (QED) is 0.344. The second-order valence-corrected chi connectivity index (χ2v) is 12.0. The lowest BCUT2D eigenvalue weighted by molar-refractivity contribution is -0.158. The van der Waals surface area contributed by atoms with E-state index in [-0.39, 0.29) is 53.5 Å². The van der Waals surface area contributed by atoms with E-state index in [0.29, 0.717) is 61.0 Å². The third-order valence-electron chi connectivity index (χ3n) is 9.58. The van der Waals surface area contributed by atoms with Gasteiger partial charge in [0, 0.05) is 31.6 Å². The Morgan fingerprint density at radius 1 is 1.21 bits per heavy atom. The molecule has 6 heterocycles. The van der Waals surface area contributed by atoms with Crippen molar-refractivity contribution in [2.45, 2.75) is 56.2 Å². The van der Waals surface area contributed by atoms with Crippen molar-refractivity contribution in [2.24, 2.45) is 11.8 Å². The molecule has 2 bridgehead atoms. The van der Waals surface area contributed by atoms with Crippen molar-refractivity contribution in [1.82, 2.24) is 14.5 Å². The average Bonchev–Trinajstić information content (AvgIpc) is 3.80. The van der Waals surface area contributed by atoms with Crippen molar-refractivity contribution < 1.29 is 28.9 Å². The third-order valence-corrected chi connectivity index (χ3v) is 9.58. The van der Waals surface area contributed by atoms with Gasteiger partial charge in [0.05, 0.1) is 53.2 Å². The lowest BCUT2D eigenvalue weighted by Gasteiger charge is -2.56. The molecule has 2 N–H and O–H groups in total. The number of nitrogens with zero attached hydrogens (tertiary/aromatic N) is 4. The van der Waals surface area contributed by atoms with Crippen LogP contribution in [0.25, 0.3) is 11.0 Å². The van der Waals surface area contributed by atoms with E-state index < -0.39 is 5.97 Å². The van der Waals surface area contributed by atoms with Crippen LogP contribution < -0.4 is 25.2 Å². The molecule has 228 valence electrons. The minimum Gasteiger partial charge on any atom is -0.492 e. The molecular weight excluding hydrogens is 578 g/mol. The molecule has 0 radical (unpaired) electrons. The number of fused-ring (bicyclic) bond motifs is 5. The highest BCUT2D eigenvalue weighted by Gasteiger charge is 2.52. The highest BCUT2D eigenvalue weighted by molar-refractivity contribution is 5.85. The lowest BCUT2D eigenvalue weighted by atomic mass is 9.69. The number of aryl methyl sites for hydroxylation is 1. The number of nitrogens with one attached hydrogen (secondary N) is 1. The maximum atomic E-state index is 13.0. The van der Waals surface area contributed by atoms with Crippen LogP contribution in [0.15, 0.2) is 41.3 Å². The molecule has 2 aliphatic carbocycles. The van der Waals surface area contributed by atoms with Crippen LogP contribution in [-0.2, 0) is 20.9 Å². The third kappa shape index (κ3) is 5.38. The Hall–Kier alpha value is -3.90. The molecule has 3 aromatic rings. The zero-order valence-corrected chi connectivity index (χ0v) is 24.6. The summed E-state index contributed by atoms with van der Waals surface area (Å²) in [6, 6.07) is 8.90. The number of carboxylic acid groups (broad SMARTS) is 1. The largest absolute Gasteiger partial charge is 0.492 e. The molecule has 8 rings (SSSR count). The van der Waals surface area contributed by atoms with E-state index in [2.05, 4.69) is 20.2 Å². The zero-order valence-electron chi connectivity index (χ0n) is 23.8. The molecule has 43 heavy (non-hydrogen) atoms. The normalized spacial score (nSPS) is 27.0. The first-order valence-electron chi connectivity index (χ1n) is 14.4. The van der Waals surface area contributed by atoms with Crippen LogP contribution in [0.4, 0.5) is 11.5 Å². The van der Waals surface area contributed by atoms with Gasteiger partial charge in [-0.05, 0) is 56.7 Å². The summed E-state index contributed by atoms with van der Waals surface area (Å²) in [7, 11) is 2.02. The number of carboxylic acids is 1. The first kappa shape index (κ1) is 29.2. The van der Waals surface area contributed by atoms with Crippen LogP contribution >= 0.6 is 12.4 Å². The summed E-state index contributed by atoms with van der Waals surface area (Å²) >= 11 is 0. The second kappa shape index (κ2) is 11.0. The Morgan fingerprint density at radius 2 is 2.02 bits per heavy atom. The highest BCUT2D eigenvalue weighted by Crippen LogP contribution is 2.49. The molecule has 0 amide bonds. The molecule has 3 aromatic heterocycles. The first-order chi connectivity index (χ1) is 20.2. The average molecular weight is 612 g/mol. The summed E-state index contributed by atoms with van der Waals surface area (Å²) in [5.74, 6) is 0.0846. The predicted octanol–water partition coefficient (Wildman–Crippen LogP) is 3.25. The monoisotopic (exact) mass is 611 g/mol. The van der Waals surface area contributed by atoms with Gasteiger partial charge in [0.2, 0.25) is 5.88 Å². The Bertz CT molecular complexity index is 1620. The summed E-state index contributed by atoms with van der Waals surface area (Å²) in [5.41, 5.74) is 1.46. The van der Waals surface area contributed by atoms with Gasteiger partial charge in [0.1, 0.15) is 18.1 Å². The number of likely N-dealkylation sites (N-methyl/N-ethyl adjacent to an activating group) is 1. The zero-order chi connectivity index (χ0) is 29.1. The van der Waals surface area contributed by atoms with Gasteiger partial charge < -0.3 is 34.1 Å². The molecule has 5 aliphatic rings. The van der Waals surface area contributed by atoms with Crippen molar-refractivity contribution in [1.29, 1.82) is 0 Å². The summed E-state index contributed by atoms with van der Waals surface area (Å²) in [5, 5.41) is 12.2. The van der Waals surface area contributed by atoms with Gasteiger partial charge in [-0.1, -0.05) is 0 Å². The molecule has 3 aliphatic heterocycles. The number of carbonyl (C=O) groups excluding carboxylic acids is 1. The molecule has 12 nitrogen and oxygen atoms in total. The summed E-state index contributed by atoms with van der Waals surface area (Å²) in [6.07, 6.45) is 6.49. The SMILES string of the molecule is CN(c1ccc2c(n1)OC(=O)CN2)C12CCC(CCn3c(=O)ccc4ncc(OCC5CC5C(=O)O)cc43)(CC1)OC2.Cl. The molecule has 2 saturated carbocycles. The number of esters is 1. The number of aromatic nitrogens is 3. The molecule has 0 spiro atoms. The number of anilines is 2. The number of carbonyl (C=O) groups is 2. The smallest absolute Gasteiger partial charge is 0.332 e. The Labute approximate surface area is 253 Å². The number of halogens is 1. The minimum absolute atomic E-state index is 0. The molecular formula is C30H34ClN5O7. The first-order valence-corrected chi connectivity index (χ1v) is 14.4. The summed E-state index contributed by atoms with van der Waals surface area (Å²) < 4.78 is 19.5. The Morgan fingerprint density at radius 3 is 2.74 bits per heavy atom. The number of pyridine rings is 3. The lowest BCUT2D eigenvalue weighted by Crippen LogP contribution is -2.62. The molecule has 2 atom stereocenters. The maximum absolute atomic E-state index is 13.0. The van der Waals surface area contributed by atoms with E-state index in [1.54, 1.807) is 16.8 Å². The van der Waals surface area contributed by atoms with E-state index >= 15 is 0 Å². The number of hydrogen-bond acceptors (Lipinski definition) is 10.